The van der Waals surface area contributed by atoms with Crippen LogP contribution in [0.2, 0.25) is 10.0 Å². The van der Waals surface area contributed by atoms with E-state index in [0.29, 0.717) is 16.6 Å². The molecular formula is C17H16Cl2N2O3S2. The fourth-order valence-electron chi connectivity index (χ4n) is 2.60. The number of halogens is 2. The Bertz CT molecular complexity index is 934. The van der Waals surface area contributed by atoms with E-state index in [-0.39, 0.29) is 17.3 Å². The summed E-state index contributed by atoms with van der Waals surface area (Å²) in [6.07, 6.45) is 0. The van der Waals surface area contributed by atoms with Crippen molar-refractivity contribution < 1.29 is 13.2 Å². The summed E-state index contributed by atoms with van der Waals surface area (Å²) in [5, 5.41) is 0.980. The number of nitrogens with zero attached hydrogens (tertiary/aromatic N) is 2. The molecule has 0 saturated carbocycles. The number of carbonyl (C=O) groups excluding carboxylic acids is 1. The molecule has 3 rings (SSSR count). The third-order valence-electron chi connectivity index (χ3n) is 3.97. The summed E-state index contributed by atoms with van der Waals surface area (Å²) < 4.78 is 26.3. The molecule has 1 amide bonds. The first-order valence-electron chi connectivity index (χ1n) is 7.73. The number of hydrogen-bond donors (Lipinski definition) is 0. The number of rotatable bonds is 4. The predicted octanol–water partition coefficient (Wildman–Crippen LogP) is 3.75. The van der Waals surface area contributed by atoms with Gasteiger partial charge in [-0.1, -0.05) is 23.2 Å². The predicted molar refractivity (Wildman–Crippen MR) is 106 cm³/mol. The molecule has 1 aliphatic rings. The summed E-state index contributed by atoms with van der Waals surface area (Å²) in [6.45, 7) is 0.243. The molecule has 9 heteroatoms. The van der Waals surface area contributed by atoms with Gasteiger partial charge >= 0.3 is 0 Å². The molecule has 1 aliphatic heterocycles. The molecule has 0 atom stereocenters. The molecular weight excluding hydrogens is 415 g/mol. The molecule has 5 nitrogen and oxygen atoms in total. The van der Waals surface area contributed by atoms with Crippen LogP contribution in [0.3, 0.4) is 0 Å². The third kappa shape index (κ3) is 4.02. The van der Waals surface area contributed by atoms with Crippen LogP contribution in [0.1, 0.15) is 0 Å². The number of hydrogen-bond acceptors (Lipinski definition) is 4. The zero-order valence-electron chi connectivity index (χ0n) is 13.9. The highest BCUT2D eigenvalue weighted by atomic mass is 35.5. The second kappa shape index (κ2) is 7.78. The molecule has 138 valence electrons. The summed E-state index contributed by atoms with van der Waals surface area (Å²) in [4.78, 5) is 15.4. The maximum Gasteiger partial charge on any atom is 0.243 e. The van der Waals surface area contributed by atoms with Gasteiger partial charge in [-0.2, -0.15) is 4.31 Å². The van der Waals surface area contributed by atoms with Crippen molar-refractivity contribution in [2.24, 2.45) is 0 Å². The van der Waals surface area contributed by atoms with E-state index in [2.05, 4.69) is 0 Å². The first-order chi connectivity index (χ1) is 12.3. The van der Waals surface area contributed by atoms with Crippen molar-refractivity contribution in [1.82, 2.24) is 4.31 Å². The highest BCUT2D eigenvalue weighted by Crippen LogP contribution is 2.36. The van der Waals surface area contributed by atoms with Crippen LogP contribution in [0.15, 0.2) is 52.3 Å². The lowest BCUT2D eigenvalue weighted by atomic mass is 10.2. The molecule has 0 spiro atoms. The van der Waals surface area contributed by atoms with Crippen molar-refractivity contribution in [2.45, 2.75) is 9.79 Å². The summed E-state index contributed by atoms with van der Waals surface area (Å²) in [5.41, 5.74) is 0.719. The topological polar surface area (TPSA) is 57.7 Å². The largest absolute Gasteiger partial charge is 0.309 e. The molecule has 0 saturated heterocycles. The molecule has 26 heavy (non-hydrogen) atoms. The van der Waals surface area contributed by atoms with Crippen molar-refractivity contribution in [3.05, 3.63) is 52.5 Å². The van der Waals surface area contributed by atoms with Crippen LogP contribution in [-0.4, -0.2) is 44.5 Å². The van der Waals surface area contributed by atoms with Gasteiger partial charge < -0.3 is 4.90 Å². The number of sulfonamides is 1. The van der Waals surface area contributed by atoms with Crippen LogP contribution < -0.4 is 4.90 Å². The van der Waals surface area contributed by atoms with E-state index in [1.54, 1.807) is 28.8 Å². The van der Waals surface area contributed by atoms with E-state index in [1.165, 1.54) is 31.3 Å². The average molecular weight is 431 g/mol. The normalized spacial score (nSPS) is 14.4. The van der Waals surface area contributed by atoms with E-state index >= 15 is 0 Å². The molecule has 1 heterocycles. The maximum absolute atomic E-state index is 12.8. The van der Waals surface area contributed by atoms with Gasteiger partial charge in [-0.25, -0.2) is 8.42 Å². The van der Waals surface area contributed by atoms with Crippen LogP contribution >= 0.6 is 35.0 Å². The Morgan fingerprint density at radius 1 is 1.15 bits per heavy atom. The quantitative estimate of drug-likeness (QED) is 0.740. The van der Waals surface area contributed by atoms with Gasteiger partial charge in [0.1, 0.15) is 0 Å². The fourth-order valence-corrected chi connectivity index (χ4v) is 4.98. The van der Waals surface area contributed by atoms with Gasteiger partial charge in [0.25, 0.3) is 0 Å². The molecule has 2 aromatic rings. The first-order valence-corrected chi connectivity index (χ1v) is 10.9. The smallest absolute Gasteiger partial charge is 0.243 e. The van der Waals surface area contributed by atoms with Crippen LogP contribution in [0.4, 0.5) is 5.69 Å². The molecule has 2 aromatic carbocycles. The highest BCUT2D eigenvalue weighted by molar-refractivity contribution is 7.99. The minimum absolute atomic E-state index is 0.0924. The number of anilines is 1. The first kappa shape index (κ1) is 19.5. The van der Waals surface area contributed by atoms with Gasteiger partial charge in [-0.15, -0.1) is 11.8 Å². The van der Waals surface area contributed by atoms with Crippen molar-refractivity contribution in [1.29, 1.82) is 0 Å². The molecule has 0 bridgehead atoms. The molecule has 0 N–H and O–H groups in total. The SMILES string of the molecule is CN(CC(=O)N1CCSc2ccc(Cl)cc21)S(=O)(=O)c1ccc(Cl)cc1. The zero-order chi connectivity index (χ0) is 18.9. The molecule has 0 fully saturated rings. The minimum atomic E-state index is -3.78. The average Bonchev–Trinajstić information content (AvgIpc) is 2.61. The Hall–Kier alpha value is -1.25. The molecule has 0 radical (unpaired) electrons. The lowest BCUT2D eigenvalue weighted by Crippen LogP contribution is -2.43. The number of carbonyl (C=O) groups is 1. The molecule has 0 aromatic heterocycles. The summed E-state index contributed by atoms with van der Waals surface area (Å²) in [5.74, 6) is 0.447. The number of amides is 1. The lowest BCUT2D eigenvalue weighted by Gasteiger charge is -2.30. The third-order valence-corrected chi connectivity index (χ3v) is 7.31. The Balaban J connectivity index is 1.80. The van der Waals surface area contributed by atoms with Crippen molar-refractivity contribution in [2.75, 3.05) is 30.8 Å². The van der Waals surface area contributed by atoms with E-state index < -0.39 is 10.0 Å². The van der Waals surface area contributed by atoms with Crippen LogP contribution in [0.5, 0.6) is 0 Å². The summed E-state index contributed by atoms with van der Waals surface area (Å²) in [6, 6.07) is 11.2. The van der Waals surface area contributed by atoms with Gasteiger partial charge in [-0.05, 0) is 42.5 Å². The Kier molecular flexibility index (Phi) is 5.84. The highest BCUT2D eigenvalue weighted by Gasteiger charge is 2.28. The lowest BCUT2D eigenvalue weighted by molar-refractivity contribution is -0.118. The van der Waals surface area contributed by atoms with E-state index in [1.807, 2.05) is 6.07 Å². The van der Waals surface area contributed by atoms with E-state index in [9.17, 15) is 13.2 Å². The second-order valence-electron chi connectivity index (χ2n) is 5.72. The zero-order valence-corrected chi connectivity index (χ0v) is 17.0. The summed E-state index contributed by atoms with van der Waals surface area (Å²) in [7, 11) is -2.39. The van der Waals surface area contributed by atoms with Crippen LogP contribution in [0, 0.1) is 0 Å². The van der Waals surface area contributed by atoms with Gasteiger partial charge in [-0.3, -0.25) is 4.79 Å². The number of likely N-dealkylation sites (N-methyl/N-ethyl adjacent to an activating group) is 1. The minimum Gasteiger partial charge on any atom is -0.309 e. The number of benzene rings is 2. The van der Waals surface area contributed by atoms with Crippen LogP contribution in [0.25, 0.3) is 0 Å². The fraction of sp³-hybridized carbons (Fsp3) is 0.235. The van der Waals surface area contributed by atoms with Crippen molar-refractivity contribution in [3.63, 3.8) is 0 Å². The van der Waals surface area contributed by atoms with Crippen molar-refractivity contribution in [3.8, 4) is 0 Å². The molecule has 0 unspecified atom stereocenters. The van der Waals surface area contributed by atoms with Gasteiger partial charge in [0.15, 0.2) is 0 Å². The van der Waals surface area contributed by atoms with Gasteiger partial charge in [0, 0.05) is 34.3 Å². The van der Waals surface area contributed by atoms with E-state index in [0.717, 1.165) is 20.6 Å². The number of fused-ring (bicyclic) bond motifs is 1. The standard InChI is InChI=1S/C17H16Cl2N2O3S2/c1-20(26(23,24)14-5-2-12(18)3-6-14)11-17(22)21-8-9-25-16-7-4-13(19)10-15(16)21/h2-7,10H,8-9,11H2,1H3. The Morgan fingerprint density at radius 2 is 1.81 bits per heavy atom. The maximum atomic E-state index is 12.8. The van der Waals surface area contributed by atoms with Crippen molar-refractivity contribution >= 4 is 56.6 Å². The van der Waals surface area contributed by atoms with Gasteiger partial charge in [0.05, 0.1) is 17.1 Å². The monoisotopic (exact) mass is 430 g/mol. The molecule has 0 aliphatic carbocycles. The Labute approximate surface area is 166 Å². The van der Waals surface area contributed by atoms with Gasteiger partial charge in [0.2, 0.25) is 15.9 Å². The van der Waals surface area contributed by atoms with Crippen LogP contribution in [-0.2, 0) is 14.8 Å². The summed E-state index contributed by atoms with van der Waals surface area (Å²) >= 11 is 13.5. The van der Waals surface area contributed by atoms with E-state index in [4.69, 9.17) is 23.2 Å². The Morgan fingerprint density at radius 3 is 2.50 bits per heavy atom. The second-order valence-corrected chi connectivity index (χ2v) is 9.78. The number of thioether (sulfide) groups is 1.